The van der Waals surface area contributed by atoms with Crippen LogP contribution in [0.15, 0.2) is 256 Å². The molecule has 0 saturated carbocycles. The summed E-state index contributed by atoms with van der Waals surface area (Å²) >= 11 is 0. The number of rotatable bonds is 25. The molecular weight excluding hydrogens is 2130 g/mol. The van der Waals surface area contributed by atoms with E-state index < -0.39 is 18.5 Å². The summed E-state index contributed by atoms with van der Waals surface area (Å²) in [6.07, 6.45) is 24.4. The average Bonchev–Trinajstić information content (AvgIpc) is 1.63. The van der Waals surface area contributed by atoms with E-state index in [0.29, 0.717) is 19.3 Å². The van der Waals surface area contributed by atoms with Crippen LogP contribution in [0.3, 0.4) is 0 Å². The van der Waals surface area contributed by atoms with E-state index in [1.165, 1.54) is 36.7 Å². The van der Waals surface area contributed by atoms with E-state index in [1.54, 1.807) is 37.2 Å². The Bertz CT molecular complexity index is 5050. The molecule has 0 spiro atoms. The number of ether oxygens (including phenoxy) is 2. The summed E-state index contributed by atoms with van der Waals surface area (Å²) in [5, 5.41) is 3.28. The van der Waals surface area contributed by atoms with Crippen LogP contribution in [0.5, 0.6) is 11.5 Å². The molecule has 2 aliphatic rings. The van der Waals surface area contributed by atoms with Crippen LogP contribution >= 0.6 is 0 Å². The standard InChI is InChI=1S/C41H36N3O2.C22H23N9.C13H12N.C10H6F4N3.4Ir/c1(3-10-29-45-36-25-23-33(24-26-36)39-21-13-20-38(44-39)32-15-6-5-7-16-32)2-4-11-30-46-40-22-14-28-43-41(40)35-18-12-17-34(31-35)37-19-8-9-27-42-37;1-2-13-30-18(5-1)15-28(22(30)21-25-8-9-26-21)11-3-10-27-16-19(20-23-6-7-24-20)31-14-4-12-29(31)17-27;1-2-12-9-6-10-13(14-12)11-7-4-3-5-8-11;11-6-7-2-1-3-9(15-7)17-5-4-8(16-17)10(12,13)14;;;;/h5-9,12-15,17-23,25-28H,1-4,10-11,29-30H2;1-2,4-9,12-14H,3,10-11,15-17H2;3-7,9-10H,2H2,1H3;1-4H,6H2;;;;/q-3;-2;2*-1;;;;+3. The number of aryl methyl sites for hydroxylation is 1. The van der Waals surface area contributed by atoms with E-state index >= 15 is 0 Å². The molecule has 3 radical (unpaired) electrons. The van der Waals surface area contributed by atoms with E-state index in [2.05, 4.69) is 149 Å². The van der Waals surface area contributed by atoms with Crippen LogP contribution < -0.4 is 28.7 Å². The third-order valence-electron chi connectivity index (χ3n) is 17.6. The Labute approximate surface area is 704 Å². The van der Waals surface area contributed by atoms with Crippen LogP contribution in [0, 0.1) is 42.7 Å². The smallest absolute Gasteiger partial charge is 0.537 e. The molecule has 10 aromatic heterocycles. The summed E-state index contributed by atoms with van der Waals surface area (Å²) in [6, 6.07) is 77.4. The topological polar surface area (TPSA) is 174 Å². The van der Waals surface area contributed by atoms with Crippen LogP contribution in [-0.2, 0) is 113 Å². The van der Waals surface area contributed by atoms with Crippen LogP contribution in [0.2, 0.25) is 0 Å². The molecule has 0 saturated heterocycles. The molecule has 0 atom stereocenters. The first-order valence-electron chi connectivity index (χ1n) is 35.9. The van der Waals surface area contributed by atoms with Crippen molar-refractivity contribution in [3.05, 3.63) is 333 Å². The van der Waals surface area contributed by atoms with Crippen LogP contribution in [0.25, 0.3) is 62.1 Å². The fourth-order valence-electron chi connectivity index (χ4n) is 12.3. The molecule has 0 fully saturated rings. The first-order chi connectivity index (χ1) is 53.1. The summed E-state index contributed by atoms with van der Waals surface area (Å²) in [5.74, 6) is 3.30. The Hall–Kier alpha value is -9.80. The fraction of sp³-hybridized carbons (Fsp3) is 0.209. The van der Waals surface area contributed by atoms with E-state index in [9.17, 15) is 17.6 Å². The number of unbranched alkanes of at least 4 members (excludes halogenated alkanes) is 5. The molecular formula is C86H77F4Ir4N16O2-4. The van der Waals surface area contributed by atoms with E-state index in [-0.39, 0.29) is 91.9 Å². The molecule has 0 N–H and O–H groups in total. The van der Waals surface area contributed by atoms with Crippen molar-refractivity contribution in [2.75, 3.05) is 32.8 Å². The van der Waals surface area contributed by atoms with Gasteiger partial charge in [0.25, 0.3) is 0 Å². The van der Waals surface area contributed by atoms with Crippen molar-refractivity contribution in [2.24, 2.45) is 0 Å². The second-order valence-electron chi connectivity index (χ2n) is 25.2. The van der Waals surface area contributed by atoms with Crippen molar-refractivity contribution in [2.45, 2.75) is 84.4 Å². The van der Waals surface area contributed by atoms with Crippen LogP contribution in [0.1, 0.15) is 86.3 Å². The molecule has 14 aromatic rings. The second kappa shape index (κ2) is 43.9. The van der Waals surface area contributed by atoms with Gasteiger partial charge in [0.15, 0.2) is 6.17 Å². The summed E-state index contributed by atoms with van der Waals surface area (Å²) in [7, 11) is 0. The normalized spacial score (nSPS) is 12.1. The van der Waals surface area contributed by atoms with Gasteiger partial charge in [-0.1, -0.05) is 159 Å². The van der Waals surface area contributed by atoms with Crippen molar-refractivity contribution >= 4 is 0 Å². The van der Waals surface area contributed by atoms with Gasteiger partial charge in [-0.05, 0) is 85.5 Å². The Balaban J connectivity index is 0.000000187. The number of pyridine rings is 6. The molecule has 18 nitrogen and oxygen atoms in total. The zero-order chi connectivity index (χ0) is 74.1. The van der Waals surface area contributed by atoms with Gasteiger partial charge in [-0.3, -0.25) is 29.9 Å². The number of nitrogens with zero attached hydrogens (tertiary/aromatic N) is 16. The molecule has 0 unspecified atom stereocenters. The molecule has 12 heterocycles. The van der Waals surface area contributed by atoms with Crippen molar-refractivity contribution < 1.29 is 117 Å². The number of hydrogen-bond acceptors (Lipinski definition) is 12. The summed E-state index contributed by atoms with van der Waals surface area (Å²) in [6.45, 7) is 7.17. The minimum absolute atomic E-state index is 0. The van der Waals surface area contributed by atoms with Crippen molar-refractivity contribution in [3.63, 3.8) is 0 Å². The van der Waals surface area contributed by atoms with Crippen molar-refractivity contribution in [3.8, 4) is 73.6 Å². The first-order valence-corrected chi connectivity index (χ1v) is 35.9. The summed E-state index contributed by atoms with van der Waals surface area (Å²) in [4.78, 5) is 44.7. The Morgan fingerprint density at radius 1 is 0.554 bits per heavy atom. The maximum absolute atomic E-state index is 12.3. The first kappa shape index (κ1) is 86.2. The van der Waals surface area contributed by atoms with E-state index in [0.717, 1.165) is 173 Å². The monoisotopic (exact) mass is 2210 g/mol. The minimum Gasteiger partial charge on any atom is -0.537 e. The Morgan fingerprint density at radius 3 is 1.88 bits per heavy atom. The molecule has 0 aliphatic carbocycles. The zero-order valence-corrected chi connectivity index (χ0v) is 70.5. The third-order valence-corrected chi connectivity index (χ3v) is 17.6. The Morgan fingerprint density at radius 2 is 1.21 bits per heavy atom. The van der Waals surface area contributed by atoms with Crippen molar-refractivity contribution in [1.82, 2.24) is 69.1 Å². The van der Waals surface area contributed by atoms with Gasteiger partial charge < -0.3 is 48.6 Å². The van der Waals surface area contributed by atoms with Gasteiger partial charge in [-0.25, -0.2) is 9.07 Å². The number of benzene rings is 4. The van der Waals surface area contributed by atoms with Gasteiger partial charge in [-0.15, -0.1) is 132 Å². The number of fused-ring (bicyclic) bond motifs is 2. The number of alkyl halides is 4. The van der Waals surface area contributed by atoms with E-state index in [1.807, 2.05) is 152 Å². The molecule has 0 amide bonds. The predicted molar refractivity (Wildman–Crippen MR) is 400 cm³/mol. The molecule has 26 heteroatoms. The predicted octanol–water partition coefficient (Wildman–Crippen LogP) is 15.2. The molecule has 16 rings (SSSR count). The van der Waals surface area contributed by atoms with Crippen LogP contribution in [-0.4, -0.2) is 92.0 Å². The number of aromatic nitrogens is 14. The molecule has 581 valence electrons. The fourth-order valence-corrected chi connectivity index (χ4v) is 12.3. The number of halogens is 4. The number of hydrogen-bond donors (Lipinski definition) is 0. The largest absolute Gasteiger partial charge is 3.00 e. The molecule has 112 heavy (non-hydrogen) atoms. The van der Waals surface area contributed by atoms with Gasteiger partial charge in [0, 0.05) is 121 Å². The summed E-state index contributed by atoms with van der Waals surface area (Å²) < 4.78 is 68.7. The number of imidazole rings is 2. The van der Waals surface area contributed by atoms with Crippen molar-refractivity contribution in [1.29, 1.82) is 0 Å². The maximum atomic E-state index is 12.3. The third kappa shape index (κ3) is 23.6. The minimum atomic E-state index is -4.53. The average molecular weight is 2210 g/mol. The van der Waals surface area contributed by atoms with E-state index in [4.69, 9.17) is 14.5 Å². The quantitative estimate of drug-likeness (QED) is 0.0229. The van der Waals surface area contributed by atoms with Gasteiger partial charge in [0.05, 0.1) is 54.5 Å². The molecule has 0 bridgehead atoms. The second-order valence-corrected chi connectivity index (χ2v) is 25.2. The molecule has 4 aromatic carbocycles. The SMILES string of the molecule is CCc1cccc(-c2[c-]cccc2)n1.FCc1cccc(-n2[c-]cc(C(F)(F)F)n2)n1.[Ir+3].[Ir].[Ir].[Ir].[c-]1ccccc1-c1cccc(-c2[c-]cc(OCCCCCCCCOc3cccnc3-c3[c-]c(-c4ccccn4)ccc3)cc2)n1.c1cc[n+]2c(c1)CN(CCCN1C[C-](c3ncc[n-]3)[n+]3cccn3C1)[C-]2c1ncc[n-]1. The zero-order valence-electron chi connectivity index (χ0n) is 60.9. The van der Waals surface area contributed by atoms with Crippen LogP contribution in [0.4, 0.5) is 17.6 Å². The molecule has 2 aliphatic heterocycles. The van der Waals surface area contributed by atoms with Gasteiger partial charge in [0.2, 0.25) is 0 Å². The van der Waals surface area contributed by atoms with Gasteiger partial charge in [-0.2, -0.15) is 17.9 Å². The summed E-state index contributed by atoms with van der Waals surface area (Å²) in [5.41, 5.74) is 10.8. The van der Waals surface area contributed by atoms with Gasteiger partial charge in [0.1, 0.15) is 19.1 Å². The maximum Gasteiger partial charge on any atom is 3.00 e. The Kier molecular flexibility index (Phi) is 33.8. The van der Waals surface area contributed by atoms with Gasteiger partial charge >= 0.3 is 26.3 Å².